The highest BCUT2D eigenvalue weighted by molar-refractivity contribution is 7.18. The van der Waals surface area contributed by atoms with Gasteiger partial charge >= 0.3 is 11.8 Å². The fourth-order valence-corrected chi connectivity index (χ4v) is 4.82. The van der Waals surface area contributed by atoms with Gasteiger partial charge in [-0.25, -0.2) is 19.0 Å². The van der Waals surface area contributed by atoms with Gasteiger partial charge in [-0.15, -0.1) is 11.3 Å². The van der Waals surface area contributed by atoms with E-state index >= 15 is 0 Å². The van der Waals surface area contributed by atoms with E-state index in [1.54, 1.807) is 41.5 Å². The molecule has 1 aromatic carbocycles. The lowest BCUT2D eigenvalue weighted by Gasteiger charge is -2.25. The first-order valence-electron chi connectivity index (χ1n) is 11.8. The maximum atomic E-state index is 14.3. The van der Waals surface area contributed by atoms with Crippen LogP contribution in [0, 0.1) is 12.7 Å². The Bertz CT molecular complexity index is 1510. The first-order chi connectivity index (χ1) is 17.7. The standard InChI is InChI=1S/C26H32FN3O7S/c1-14(2)36-19(17-11-16(27)9-10-18(17)35-8)12-29-23-21(15(3)20(13-31)38-23)22(32)30(24(29)33)28(7)25(34)37-26(4,5)6/h9-12,14,31H,13H2,1-8H3. The molecule has 0 aliphatic heterocycles. The fraction of sp³-hybridized carbons (Fsp3) is 0.423. The summed E-state index contributed by atoms with van der Waals surface area (Å²) in [6.45, 7) is 9.77. The second-order valence-electron chi connectivity index (χ2n) is 9.77. The lowest BCUT2D eigenvalue weighted by atomic mass is 10.1. The van der Waals surface area contributed by atoms with Crippen molar-refractivity contribution in [2.75, 3.05) is 19.2 Å². The van der Waals surface area contributed by atoms with Crippen molar-refractivity contribution in [3.05, 3.63) is 60.9 Å². The molecule has 0 atom stereocenters. The Morgan fingerprint density at radius 1 is 1.26 bits per heavy atom. The molecule has 0 saturated heterocycles. The number of aromatic nitrogens is 2. The number of fused-ring (bicyclic) bond motifs is 1. The molecule has 12 heteroatoms. The molecular formula is C26H32FN3O7S. The molecule has 1 N–H and O–H groups in total. The molecule has 2 aromatic heterocycles. The van der Waals surface area contributed by atoms with Crippen molar-refractivity contribution in [1.82, 2.24) is 9.24 Å². The van der Waals surface area contributed by atoms with Gasteiger partial charge in [-0.05, 0) is 65.3 Å². The van der Waals surface area contributed by atoms with Crippen LogP contribution in [0.15, 0.2) is 27.8 Å². The van der Waals surface area contributed by atoms with Gasteiger partial charge in [-0.2, -0.15) is 4.68 Å². The largest absolute Gasteiger partial charge is 0.496 e. The zero-order valence-electron chi connectivity index (χ0n) is 22.6. The number of benzene rings is 1. The van der Waals surface area contributed by atoms with Crippen molar-refractivity contribution in [2.24, 2.45) is 0 Å². The number of hydrogen-bond acceptors (Lipinski definition) is 8. The minimum absolute atomic E-state index is 0.0847. The van der Waals surface area contributed by atoms with E-state index in [2.05, 4.69) is 0 Å². The highest BCUT2D eigenvalue weighted by Crippen LogP contribution is 2.32. The Morgan fingerprint density at radius 2 is 1.92 bits per heavy atom. The average molecular weight is 550 g/mol. The number of nitrogens with zero attached hydrogens (tertiary/aromatic N) is 3. The third kappa shape index (κ3) is 5.76. The molecule has 10 nitrogen and oxygen atoms in total. The summed E-state index contributed by atoms with van der Waals surface area (Å²) in [5.41, 5.74) is -1.85. The third-order valence-electron chi connectivity index (χ3n) is 5.38. The van der Waals surface area contributed by atoms with E-state index in [1.807, 2.05) is 0 Å². The summed E-state index contributed by atoms with van der Waals surface area (Å²) in [6, 6.07) is 3.86. The molecule has 3 aromatic rings. The summed E-state index contributed by atoms with van der Waals surface area (Å²) < 4.78 is 32.8. The molecule has 3 rings (SSSR count). The van der Waals surface area contributed by atoms with Gasteiger partial charge in [-0.3, -0.25) is 9.36 Å². The maximum Gasteiger partial charge on any atom is 0.429 e. The molecule has 0 saturated carbocycles. The Kier molecular flexibility index (Phi) is 8.37. The van der Waals surface area contributed by atoms with Crippen LogP contribution in [0.5, 0.6) is 5.75 Å². The number of thiophene rings is 1. The van der Waals surface area contributed by atoms with Crippen LogP contribution in [-0.2, 0) is 16.1 Å². The number of methoxy groups -OCH3 is 1. The number of halogens is 1. The van der Waals surface area contributed by atoms with Gasteiger partial charge < -0.3 is 19.3 Å². The fourth-order valence-electron chi connectivity index (χ4n) is 3.69. The van der Waals surface area contributed by atoms with E-state index in [4.69, 9.17) is 14.2 Å². The van der Waals surface area contributed by atoms with Gasteiger partial charge in [0.25, 0.3) is 5.56 Å². The third-order valence-corrected chi connectivity index (χ3v) is 6.65. The van der Waals surface area contributed by atoms with Crippen molar-refractivity contribution < 1.29 is 28.5 Å². The van der Waals surface area contributed by atoms with Crippen molar-refractivity contribution >= 4 is 39.6 Å². The topological polar surface area (TPSA) is 112 Å². The zero-order valence-corrected chi connectivity index (χ0v) is 23.4. The normalized spacial score (nSPS) is 12.2. The molecular weight excluding hydrogens is 517 g/mol. The van der Waals surface area contributed by atoms with Crippen LogP contribution in [0.25, 0.3) is 22.2 Å². The number of aliphatic hydroxyl groups is 1. The lowest BCUT2D eigenvalue weighted by Crippen LogP contribution is -2.53. The number of ether oxygens (including phenoxy) is 3. The van der Waals surface area contributed by atoms with Crippen molar-refractivity contribution in [3.8, 4) is 5.75 Å². The van der Waals surface area contributed by atoms with Gasteiger partial charge in [0.05, 0.1) is 37.0 Å². The predicted octanol–water partition coefficient (Wildman–Crippen LogP) is 4.06. The van der Waals surface area contributed by atoms with E-state index in [0.29, 0.717) is 20.9 Å². The molecule has 1 amide bonds. The number of rotatable bonds is 7. The van der Waals surface area contributed by atoms with Crippen LogP contribution in [0.4, 0.5) is 9.18 Å². The number of carbonyl (C=O) groups excluding carboxylic acids is 1. The van der Waals surface area contributed by atoms with Gasteiger partial charge in [0.15, 0.2) is 0 Å². The zero-order chi connectivity index (χ0) is 28.5. The van der Waals surface area contributed by atoms with Gasteiger partial charge in [0.2, 0.25) is 0 Å². The second-order valence-corrected chi connectivity index (χ2v) is 10.9. The number of aliphatic hydroxyl groups excluding tert-OH is 1. The highest BCUT2D eigenvalue weighted by Gasteiger charge is 2.27. The number of carbonyl (C=O) groups is 1. The van der Waals surface area contributed by atoms with E-state index in [-0.39, 0.29) is 34.3 Å². The summed E-state index contributed by atoms with van der Waals surface area (Å²) in [7, 11) is 2.66. The number of aryl methyl sites for hydroxylation is 1. The number of amides is 1. The van der Waals surface area contributed by atoms with E-state index in [1.165, 1.54) is 38.6 Å². The van der Waals surface area contributed by atoms with Crippen LogP contribution in [-0.4, -0.2) is 46.3 Å². The van der Waals surface area contributed by atoms with Gasteiger partial charge in [-0.1, -0.05) is 0 Å². The van der Waals surface area contributed by atoms with E-state index in [9.17, 15) is 23.9 Å². The summed E-state index contributed by atoms with van der Waals surface area (Å²) >= 11 is 1.05. The Balaban J connectivity index is 2.43. The Hall–Kier alpha value is -3.64. The monoisotopic (exact) mass is 549 g/mol. The molecule has 0 radical (unpaired) electrons. The predicted molar refractivity (Wildman–Crippen MR) is 145 cm³/mol. The quantitative estimate of drug-likeness (QED) is 0.443. The Morgan fingerprint density at radius 3 is 2.47 bits per heavy atom. The second kappa shape index (κ2) is 11.0. The summed E-state index contributed by atoms with van der Waals surface area (Å²) in [5.74, 6) is -0.178. The molecule has 0 spiro atoms. The SMILES string of the molecule is COc1ccc(F)cc1C(=Cn1c(=O)n(N(C)C(=O)OC(C)(C)C)c(=O)c2c(C)c(CO)sc21)OC(C)C. The van der Waals surface area contributed by atoms with E-state index < -0.39 is 28.8 Å². The van der Waals surface area contributed by atoms with Crippen molar-refractivity contribution in [3.63, 3.8) is 0 Å². The van der Waals surface area contributed by atoms with Crippen LogP contribution >= 0.6 is 11.3 Å². The minimum atomic E-state index is -0.924. The van der Waals surface area contributed by atoms with Crippen LogP contribution in [0.2, 0.25) is 0 Å². The molecule has 0 aliphatic carbocycles. The lowest BCUT2D eigenvalue weighted by molar-refractivity contribution is 0.0546. The van der Waals surface area contributed by atoms with Gasteiger partial charge in [0, 0.05) is 11.9 Å². The summed E-state index contributed by atoms with van der Waals surface area (Å²) in [6.07, 6.45) is 0.0129. The van der Waals surface area contributed by atoms with Crippen LogP contribution in [0.3, 0.4) is 0 Å². The smallest absolute Gasteiger partial charge is 0.429 e. The van der Waals surface area contributed by atoms with Gasteiger partial charge in [0.1, 0.15) is 27.8 Å². The molecule has 0 unspecified atom stereocenters. The Labute approximate surface area is 223 Å². The number of hydrogen-bond donors (Lipinski definition) is 1. The molecule has 2 heterocycles. The minimum Gasteiger partial charge on any atom is -0.496 e. The van der Waals surface area contributed by atoms with E-state index in [0.717, 1.165) is 20.9 Å². The first-order valence-corrected chi connectivity index (χ1v) is 12.6. The summed E-state index contributed by atoms with van der Waals surface area (Å²) in [4.78, 5) is 40.9. The maximum absolute atomic E-state index is 14.3. The van der Waals surface area contributed by atoms with Crippen LogP contribution in [0.1, 0.15) is 50.6 Å². The molecule has 206 valence electrons. The molecule has 0 aliphatic rings. The van der Waals surface area contributed by atoms with Crippen molar-refractivity contribution in [2.45, 2.75) is 59.9 Å². The summed E-state index contributed by atoms with van der Waals surface area (Å²) in [5, 5.41) is 10.8. The first kappa shape index (κ1) is 28.9. The molecule has 0 bridgehead atoms. The van der Waals surface area contributed by atoms with Crippen molar-refractivity contribution in [1.29, 1.82) is 0 Å². The molecule has 0 fully saturated rings. The molecule has 38 heavy (non-hydrogen) atoms. The highest BCUT2D eigenvalue weighted by atomic mass is 32.1. The average Bonchev–Trinajstić information content (AvgIpc) is 3.15. The van der Waals surface area contributed by atoms with Crippen LogP contribution < -0.4 is 21.0 Å².